The fraction of sp³-hybridized carbons (Fsp3) is 0.758. The van der Waals surface area contributed by atoms with E-state index in [0.717, 1.165) is 17.7 Å². The molecule has 10 nitrogen and oxygen atoms in total. The van der Waals surface area contributed by atoms with Gasteiger partial charge in [-0.3, -0.25) is 14.8 Å². The summed E-state index contributed by atoms with van der Waals surface area (Å²) in [5.41, 5.74) is 0.572. The van der Waals surface area contributed by atoms with Crippen molar-refractivity contribution in [1.82, 2.24) is 9.88 Å². The fourth-order valence-electron chi connectivity index (χ4n) is 5.25. The minimum atomic E-state index is -0.785. The minimum absolute atomic E-state index is 0.0204. The van der Waals surface area contributed by atoms with Crippen LogP contribution in [0.4, 0.5) is 9.59 Å². The molecule has 1 unspecified atom stereocenters. The Balaban J connectivity index is 1.46. The molecule has 0 bridgehead atoms. The molecule has 1 fully saturated rings. The van der Waals surface area contributed by atoms with Crippen LogP contribution in [0.3, 0.4) is 0 Å². The van der Waals surface area contributed by atoms with Crippen LogP contribution in [0.1, 0.15) is 122 Å². The number of aromatic nitrogens is 1. The van der Waals surface area contributed by atoms with Gasteiger partial charge in [-0.25, -0.2) is 9.69 Å². The summed E-state index contributed by atoms with van der Waals surface area (Å²) in [6.45, 7) is 4.20. The maximum absolute atomic E-state index is 12.5. The number of ether oxygens (including phenoxy) is 3. The van der Waals surface area contributed by atoms with E-state index in [0.29, 0.717) is 25.1 Å². The van der Waals surface area contributed by atoms with Crippen molar-refractivity contribution < 1.29 is 33.7 Å². The Bertz CT molecular complexity index is 902. The van der Waals surface area contributed by atoms with E-state index in [2.05, 4.69) is 11.9 Å². The van der Waals surface area contributed by atoms with Crippen molar-refractivity contribution in [3.63, 3.8) is 0 Å². The lowest BCUT2D eigenvalue weighted by molar-refractivity contribution is -0.769. The van der Waals surface area contributed by atoms with Crippen LogP contribution in [-0.4, -0.2) is 60.4 Å². The molecular formula is C33H55N3O7. The number of pyridine rings is 1. The molecule has 2 heterocycles. The van der Waals surface area contributed by atoms with E-state index in [1.807, 2.05) is 0 Å². The van der Waals surface area contributed by atoms with Crippen molar-refractivity contribution in [3.8, 4) is 0 Å². The Morgan fingerprint density at radius 3 is 2.07 bits per heavy atom. The quantitative estimate of drug-likeness (QED) is 0.120. The molecule has 0 saturated carbocycles. The van der Waals surface area contributed by atoms with Crippen LogP contribution in [0, 0.1) is 11.1 Å². The lowest BCUT2D eigenvalue weighted by Gasteiger charge is -2.20. The summed E-state index contributed by atoms with van der Waals surface area (Å²) in [6.07, 6.45) is 18.9. The zero-order chi connectivity index (χ0) is 31.1. The molecule has 244 valence electrons. The summed E-state index contributed by atoms with van der Waals surface area (Å²) in [6, 6.07) is 5.25. The Hall–Kier alpha value is -2.56. The van der Waals surface area contributed by atoms with Gasteiger partial charge in [0.05, 0.1) is 31.5 Å². The molecule has 1 N–H and O–H groups in total. The number of hydroxylamine groups is 2. The number of nitrogens with zero attached hydrogens (tertiary/aromatic N) is 2. The predicted molar refractivity (Wildman–Crippen MR) is 165 cm³/mol. The van der Waals surface area contributed by atoms with E-state index in [-0.39, 0.29) is 38.3 Å². The highest BCUT2D eigenvalue weighted by Crippen LogP contribution is 2.21. The summed E-state index contributed by atoms with van der Waals surface area (Å²) in [5.74, 6) is -0.523. The third kappa shape index (κ3) is 16.8. The molecule has 0 aliphatic carbocycles. The number of amides is 3. The van der Waals surface area contributed by atoms with Crippen LogP contribution in [0.15, 0.2) is 24.4 Å². The van der Waals surface area contributed by atoms with Gasteiger partial charge in [0.2, 0.25) is 5.91 Å². The molecule has 3 amide bonds. The average molecular weight is 606 g/mol. The van der Waals surface area contributed by atoms with Gasteiger partial charge >= 0.3 is 12.2 Å². The molecule has 10 heteroatoms. The minimum Gasteiger partial charge on any atom is -0.624 e. The summed E-state index contributed by atoms with van der Waals surface area (Å²) < 4.78 is 16.2. The normalized spacial score (nSPS) is 17.0. The molecule has 1 aromatic heterocycles. The Morgan fingerprint density at radius 1 is 0.907 bits per heavy atom. The van der Waals surface area contributed by atoms with Crippen molar-refractivity contribution in [2.45, 2.75) is 129 Å². The van der Waals surface area contributed by atoms with Crippen LogP contribution in [0.25, 0.3) is 0 Å². The zero-order valence-electron chi connectivity index (χ0n) is 26.6. The monoisotopic (exact) mass is 605 g/mol. The van der Waals surface area contributed by atoms with E-state index < -0.39 is 23.2 Å². The van der Waals surface area contributed by atoms with Gasteiger partial charge in [-0.05, 0) is 31.4 Å². The lowest BCUT2D eigenvalue weighted by Crippen LogP contribution is -3.10. The fourth-order valence-corrected chi connectivity index (χ4v) is 5.25. The first-order valence-electron chi connectivity index (χ1n) is 16.6. The Labute approximate surface area is 258 Å². The first kappa shape index (κ1) is 36.6. The highest BCUT2D eigenvalue weighted by molar-refractivity contribution is 5.90. The number of hydrogen-bond donors (Lipinski definition) is 1. The number of alkyl carbamates (subject to hydrolysis) is 1. The molecule has 1 saturated heterocycles. The van der Waals surface area contributed by atoms with E-state index in [4.69, 9.17) is 14.2 Å². The van der Waals surface area contributed by atoms with Crippen LogP contribution in [0.5, 0.6) is 0 Å². The Kier molecular flexibility index (Phi) is 19.5. The maximum atomic E-state index is 12.5. The van der Waals surface area contributed by atoms with Crippen molar-refractivity contribution in [2.75, 3.05) is 26.4 Å². The van der Waals surface area contributed by atoms with E-state index in [1.54, 1.807) is 24.4 Å². The van der Waals surface area contributed by atoms with E-state index in [9.17, 15) is 19.6 Å². The number of unbranched alkanes of at least 4 members (excludes halogenated alkanes) is 14. The molecule has 0 spiro atoms. The molecule has 43 heavy (non-hydrogen) atoms. The van der Waals surface area contributed by atoms with Crippen molar-refractivity contribution >= 4 is 18.1 Å². The lowest BCUT2D eigenvalue weighted by atomic mass is 10.0. The zero-order valence-corrected chi connectivity index (χ0v) is 26.6. The average Bonchev–Trinajstić information content (AvgIpc) is 3.47. The van der Waals surface area contributed by atoms with E-state index in [1.165, 1.54) is 84.0 Å². The topological polar surface area (TPSA) is 123 Å². The predicted octanol–water partition coefficient (Wildman–Crippen LogP) is 6.36. The van der Waals surface area contributed by atoms with Gasteiger partial charge < -0.3 is 19.4 Å². The molecule has 3 atom stereocenters. The maximum Gasteiger partial charge on any atom is 0.514 e. The number of carbonyl (C=O) groups excluding carboxylic acids is 3. The number of hydrogen-bond acceptors (Lipinski definition) is 8. The molecule has 2 rings (SSSR count). The second-order valence-corrected chi connectivity index (χ2v) is 11.8. The SMILES string of the molecule is CCCCCCCCCCCCCCCCC[NH+]([O-])C(=O)OC[C@H]1CO[C@H](COC(=O)N(Cc2ccccn2)C(C)=O)C1. The van der Waals surface area contributed by atoms with Crippen LogP contribution in [-0.2, 0) is 25.5 Å². The first-order chi connectivity index (χ1) is 20.9. The Morgan fingerprint density at radius 2 is 1.51 bits per heavy atom. The van der Waals surface area contributed by atoms with Gasteiger partial charge in [0.1, 0.15) is 13.2 Å². The number of imide groups is 1. The highest BCUT2D eigenvalue weighted by atomic mass is 16.6. The van der Waals surface area contributed by atoms with E-state index >= 15 is 0 Å². The third-order valence-corrected chi connectivity index (χ3v) is 7.89. The van der Waals surface area contributed by atoms with Crippen molar-refractivity contribution in [2.24, 2.45) is 5.92 Å². The standard InChI is InChI=1S/C33H55N3O7/c1-3-4-5-6-7-8-9-10-11-12-13-14-15-16-19-22-36(40)33(39)42-26-29-23-31(41-25-29)27-43-32(38)35(28(2)37)24-30-20-17-18-21-34-30/h17-18,20-21,29,31,36H,3-16,19,22-27H2,1-2H3/t29-,31+/m1/s1. The molecule has 0 aromatic carbocycles. The number of rotatable bonds is 22. The second kappa shape index (κ2) is 22.9. The van der Waals surface area contributed by atoms with Crippen molar-refractivity contribution in [1.29, 1.82) is 0 Å². The smallest absolute Gasteiger partial charge is 0.514 e. The third-order valence-electron chi connectivity index (χ3n) is 7.89. The van der Waals surface area contributed by atoms with Gasteiger partial charge in [0.15, 0.2) is 0 Å². The summed E-state index contributed by atoms with van der Waals surface area (Å²) >= 11 is 0. The first-order valence-corrected chi connectivity index (χ1v) is 16.6. The number of nitrogens with one attached hydrogen (secondary N) is 1. The van der Waals surface area contributed by atoms with Gasteiger partial charge in [-0.2, -0.15) is 4.79 Å². The van der Waals surface area contributed by atoms with Crippen LogP contribution < -0.4 is 5.06 Å². The van der Waals surface area contributed by atoms with Gasteiger partial charge in [0, 0.05) is 19.0 Å². The summed E-state index contributed by atoms with van der Waals surface area (Å²) in [5, 5.41) is 11.7. The van der Waals surface area contributed by atoms with Gasteiger partial charge in [-0.15, -0.1) is 0 Å². The number of quaternary nitrogens is 1. The second-order valence-electron chi connectivity index (χ2n) is 11.8. The van der Waals surface area contributed by atoms with Gasteiger partial charge in [0.25, 0.3) is 0 Å². The number of carbonyl (C=O) groups is 3. The molecular weight excluding hydrogens is 550 g/mol. The largest absolute Gasteiger partial charge is 0.624 e. The molecule has 0 radical (unpaired) electrons. The van der Waals surface area contributed by atoms with Crippen LogP contribution in [0.2, 0.25) is 0 Å². The summed E-state index contributed by atoms with van der Waals surface area (Å²) in [4.78, 5) is 41.7. The molecule has 1 aromatic rings. The molecule has 1 aliphatic heterocycles. The van der Waals surface area contributed by atoms with Crippen LogP contribution >= 0.6 is 0 Å². The molecule has 1 aliphatic rings. The van der Waals surface area contributed by atoms with Crippen molar-refractivity contribution in [3.05, 3.63) is 35.3 Å². The van der Waals surface area contributed by atoms with Gasteiger partial charge in [-0.1, -0.05) is 96.5 Å². The summed E-state index contributed by atoms with van der Waals surface area (Å²) in [7, 11) is 0. The highest BCUT2D eigenvalue weighted by Gasteiger charge is 2.30.